The number of nitrogens with zero attached hydrogens (tertiary/aromatic N) is 1. The lowest BCUT2D eigenvalue weighted by Crippen LogP contribution is -1.87. The summed E-state index contributed by atoms with van der Waals surface area (Å²) in [7, 11) is 0. The third kappa shape index (κ3) is 1.93. The van der Waals surface area contributed by atoms with Gasteiger partial charge in [0.15, 0.2) is 0 Å². The Morgan fingerprint density at radius 1 is 1.11 bits per heavy atom. The number of hydrogen-bond acceptors (Lipinski definition) is 2. The average molecular weight is 252 g/mol. The van der Waals surface area contributed by atoms with Crippen LogP contribution in [0, 0.1) is 11.6 Å². The SMILES string of the molecule is Cc1ccc(-c2cc(=S)[nH]c3cnccc23)cc1. The van der Waals surface area contributed by atoms with Gasteiger partial charge < -0.3 is 4.98 Å². The smallest absolute Gasteiger partial charge is 0.104 e. The molecule has 0 unspecified atom stereocenters. The second kappa shape index (κ2) is 4.35. The summed E-state index contributed by atoms with van der Waals surface area (Å²) in [5, 5.41) is 1.14. The molecule has 2 nitrogen and oxygen atoms in total. The maximum atomic E-state index is 5.27. The normalized spacial score (nSPS) is 10.7. The van der Waals surface area contributed by atoms with Crippen LogP contribution in [0.15, 0.2) is 48.8 Å². The van der Waals surface area contributed by atoms with Crippen molar-refractivity contribution < 1.29 is 0 Å². The number of benzene rings is 1. The molecule has 1 aromatic carbocycles. The van der Waals surface area contributed by atoms with Crippen molar-refractivity contribution in [2.24, 2.45) is 0 Å². The highest BCUT2D eigenvalue weighted by atomic mass is 32.1. The Hall–Kier alpha value is -2.00. The van der Waals surface area contributed by atoms with Gasteiger partial charge in [-0.15, -0.1) is 0 Å². The molecule has 3 heteroatoms. The van der Waals surface area contributed by atoms with Gasteiger partial charge in [0.25, 0.3) is 0 Å². The van der Waals surface area contributed by atoms with E-state index in [9.17, 15) is 0 Å². The van der Waals surface area contributed by atoms with Crippen molar-refractivity contribution in [3.05, 3.63) is 59.0 Å². The first kappa shape index (κ1) is 11.1. The molecule has 88 valence electrons. The van der Waals surface area contributed by atoms with E-state index in [-0.39, 0.29) is 0 Å². The van der Waals surface area contributed by atoms with Crippen LogP contribution in [0.2, 0.25) is 0 Å². The molecule has 0 radical (unpaired) electrons. The molecule has 0 saturated heterocycles. The van der Waals surface area contributed by atoms with Gasteiger partial charge in [0.05, 0.1) is 11.7 Å². The standard InChI is InChI=1S/C15H12N2S/c1-10-2-4-11(5-3-10)13-8-15(18)17-14-9-16-7-6-12(13)14/h2-9H,1H3,(H,17,18). The van der Waals surface area contributed by atoms with Gasteiger partial charge >= 0.3 is 0 Å². The average Bonchev–Trinajstić information content (AvgIpc) is 2.38. The van der Waals surface area contributed by atoms with Crippen LogP contribution in [0.5, 0.6) is 0 Å². The highest BCUT2D eigenvalue weighted by Gasteiger charge is 2.04. The summed E-state index contributed by atoms with van der Waals surface area (Å²) in [5.41, 5.74) is 4.56. The predicted octanol–water partition coefficient (Wildman–Crippen LogP) is 4.27. The third-order valence-electron chi connectivity index (χ3n) is 3.01. The van der Waals surface area contributed by atoms with Crippen molar-refractivity contribution in [1.82, 2.24) is 9.97 Å². The number of hydrogen-bond donors (Lipinski definition) is 1. The zero-order valence-electron chi connectivity index (χ0n) is 9.97. The molecular formula is C15H12N2S. The second-order valence-electron chi connectivity index (χ2n) is 4.33. The van der Waals surface area contributed by atoms with Crippen molar-refractivity contribution in [3.8, 4) is 11.1 Å². The van der Waals surface area contributed by atoms with Crippen LogP contribution in [-0.2, 0) is 0 Å². The minimum absolute atomic E-state index is 0.728. The van der Waals surface area contributed by atoms with Gasteiger partial charge in [0.1, 0.15) is 4.64 Å². The molecule has 2 aromatic heterocycles. The molecule has 0 bridgehead atoms. The van der Waals surface area contributed by atoms with E-state index < -0.39 is 0 Å². The maximum absolute atomic E-state index is 5.27. The fourth-order valence-corrected chi connectivity index (χ4v) is 2.31. The highest BCUT2D eigenvalue weighted by Crippen LogP contribution is 2.27. The van der Waals surface area contributed by atoms with Crippen molar-refractivity contribution in [2.75, 3.05) is 0 Å². The van der Waals surface area contributed by atoms with E-state index in [4.69, 9.17) is 12.2 Å². The Labute approximate surface area is 110 Å². The summed E-state index contributed by atoms with van der Waals surface area (Å²) in [4.78, 5) is 7.29. The number of aromatic nitrogens is 2. The quantitative estimate of drug-likeness (QED) is 0.655. The zero-order chi connectivity index (χ0) is 12.5. The molecular weight excluding hydrogens is 240 g/mol. The lowest BCUT2D eigenvalue weighted by molar-refractivity contribution is 1.30. The largest absolute Gasteiger partial charge is 0.345 e. The summed E-state index contributed by atoms with van der Waals surface area (Å²) in [6.07, 6.45) is 3.61. The van der Waals surface area contributed by atoms with Crippen molar-refractivity contribution in [2.45, 2.75) is 6.92 Å². The summed E-state index contributed by atoms with van der Waals surface area (Å²) in [6.45, 7) is 2.09. The van der Waals surface area contributed by atoms with E-state index in [0.717, 1.165) is 21.1 Å². The van der Waals surface area contributed by atoms with E-state index >= 15 is 0 Å². The molecule has 3 aromatic rings. The Morgan fingerprint density at radius 3 is 2.67 bits per heavy atom. The number of rotatable bonds is 1. The number of aromatic amines is 1. The maximum Gasteiger partial charge on any atom is 0.104 e. The molecule has 18 heavy (non-hydrogen) atoms. The molecule has 0 saturated carbocycles. The Balaban J connectivity index is 2.34. The van der Waals surface area contributed by atoms with Gasteiger partial charge in [-0.05, 0) is 30.2 Å². The Kier molecular flexibility index (Phi) is 2.68. The van der Waals surface area contributed by atoms with Crippen LogP contribution in [0.3, 0.4) is 0 Å². The van der Waals surface area contributed by atoms with Crippen LogP contribution in [0.25, 0.3) is 22.0 Å². The fourth-order valence-electron chi connectivity index (χ4n) is 2.08. The molecule has 0 aliphatic carbocycles. The van der Waals surface area contributed by atoms with Gasteiger partial charge in [-0.25, -0.2) is 0 Å². The fraction of sp³-hybridized carbons (Fsp3) is 0.0667. The van der Waals surface area contributed by atoms with Crippen LogP contribution in [0.4, 0.5) is 0 Å². The molecule has 3 rings (SSSR count). The minimum atomic E-state index is 0.728. The lowest BCUT2D eigenvalue weighted by Gasteiger charge is -2.07. The van der Waals surface area contributed by atoms with Crippen LogP contribution < -0.4 is 0 Å². The third-order valence-corrected chi connectivity index (χ3v) is 3.23. The van der Waals surface area contributed by atoms with Crippen molar-refractivity contribution in [3.63, 3.8) is 0 Å². The molecule has 0 amide bonds. The number of nitrogens with one attached hydrogen (secondary N) is 1. The summed E-state index contributed by atoms with van der Waals surface area (Å²) >= 11 is 5.27. The Bertz CT molecular complexity index is 757. The van der Waals surface area contributed by atoms with Gasteiger partial charge in [0.2, 0.25) is 0 Å². The van der Waals surface area contributed by atoms with E-state index in [1.165, 1.54) is 11.1 Å². The second-order valence-corrected chi connectivity index (χ2v) is 4.77. The Morgan fingerprint density at radius 2 is 1.89 bits per heavy atom. The summed E-state index contributed by atoms with van der Waals surface area (Å²) in [5.74, 6) is 0. The molecule has 1 N–H and O–H groups in total. The first-order valence-corrected chi connectivity index (χ1v) is 6.19. The molecule has 2 heterocycles. The number of pyridine rings is 2. The van der Waals surface area contributed by atoms with Crippen LogP contribution >= 0.6 is 12.2 Å². The highest BCUT2D eigenvalue weighted by molar-refractivity contribution is 7.71. The van der Waals surface area contributed by atoms with Gasteiger partial charge in [-0.1, -0.05) is 42.0 Å². The topological polar surface area (TPSA) is 28.7 Å². The van der Waals surface area contributed by atoms with Crippen LogP contribution in [0.1, 0.15) is 5.56 Å². The van der Waals surface area contributed by atoms with Crippen molar-refractivity contribution >= 4 is 23.1 Å². The number of aryl methyl sites for hydroxylation is 1. The molecule has 0 spiro atoms. The molecule has 0 aliphatic heterocycles. The first-order valence-electron chi connectivity index (χ1n) is 5.78. The summed E-state index contributed by atoms with van der Waals surface area (Å²) in [6, 6.07) is 12.5. The van der Waals surface area contributed by atoms with Gasteiger partial charge in [0, 0.05) is 11.6 Å². The van der Waals surface area contributed by atoms with E-state index in [2.05, 4.69) is 41.2 Å². The van der Waals surface area contributed by atoms with Crippen LogP contribution in [-0.4, -0.2) is 9.97 Å². The van der Waals surface area contributed by atoms with E-state index in [0.29, 0.717) is 0 Å². The van der Waals surface area contributed by atoms with Gasteiger partial charge in [-0.2, -0.15) is 0 Å². The minimum Gasteiger partial charge on any atom is -0.345 e. The van der Waals surface area contributed by atoms with E-state index in [1.807, 2.05) is 18.3 Å². The van der Waals surface area contributed by atoms with E-state index in [1.54, 1.807) is 6.20 Å². The number of H-pyrrole nitrogens is 1. The number of fused-ring (bicyclic) bond motifs is 1. The predicted molar refractivity (Wildman–Crippen MR) is 77.1 cm³/mol. The van der Waals surface area contributed by atoms with Crippen molar-refractivity contribution in [1.29, 1.82) is 0 Å². The summed E-state index contributed by atoms with van der Waals surface area (Å²) < 4.78 is 0.728. The molecule has 0 fully saturated rings. The molecule has 0 atom stereocenters. The first-order chi connectivity index (χ1) is 8.74. The molecule has 0 aliphatic rings. The monoisotopic (exact) mass is 252 g/mol. The lowest BCUT2D eigenvalue weighted by atomic mass is 10.0. The van der Waals surface area contributed by atoms with Gasteiger partial charge in [-0.3, -0.25) is 4.98 Å². The zero-order valence-corrected chi connectivity index (χ0v) is 10.8.